The minimum absolute atomic E-state index is 0.121. The number of ether oxygens (including phenoxy) is 1. The van der Waals surface area contributed by atoms with Crippen LogP contribution in [0, 0.1) is 5.82 Å². The van der Waals surface area contributed by atoms with Crippen LogP contribution in [0.5, 0.6) is 0 Å². The molecule has 0 aliphatic carbocycles. The minimum Gasteiger partial charge on any atom is -0.444 e. The number of aromatic nitrogens is 2. The Morgan fingerprint density at radius 2 is 2.12 bits per heavy atom. The molecule has 1 aromatic heterocycles. The summed E-state index contributed by atoms with van der Waals surface area (Å²) in [5, 5.41) is 6.84. The van der Waals surface area contributed by atoms with Gasteiger partial charge in [-0.3, -0.25) is 10.00 Å². The number of amides is 1. The van der Waals surface area contributed by atoms with Crippen LogP contribution >= 0.6 is 11.6 Å². The van der Waals surface area contributed by atoms with Gasteiger partial charge in [0, 0.05) is 30.8 Å². The predicted octanol–water partition coefficient (Wildman–Crippen LogP) is 4.18. The van der Waals surface area contributed by atoms with Crippen molar-refractivity contribution in [2.24, 2.45) is 0 Å². The van der Waals surface area contributed by atoms with E-state index in [0.717, 1.165) is 12.8 Å². The smallest absolute Gasteiger partial charge is 0.413 e. The molecule has 0 radical (unpaired) electrons. The first-order valence-electron chi connectivity index (χ1n) is 7.85. The van der Waals surface area contributed by atoms with E-state index in [4.69, 9.17) is 16.3 Å². The zero-order chi connectivity index (χ0) is 18.2. The summed E-state index contributed by atoms with van der Waals surface area (Å²) in [5.74, 6) is -0.0353. The lowest BCUT2D eigenvalue weighted by molar-refractivity contribution is -0.117. The van der Waals surface area contributed by atoms with Crippen LogP contribution < -0.4 is 5.32 Å². The van der Waals surface area contributed by atoms with Gasteiger partial charge in [-0.25, -0.2) is 9.18 Å². The van der Waals surface area contributed by atoms with Crippen LogP contribution in [0.1, 0.15) is 31.7 Å². The van der Waals surface area contributed by atoms with Crippen LogP contribution in [0.15, 0.2) is 30.5 Å². The number of benzene rings is 1. The number of Topliss-reactive ketones (excluding diaryl/α,β-unsaturated/α-hetero) is 1. The van der Waals surface area contributed by atoms with Gasteiger partial charge in [0.1, 0.15) is 18.2 Å². The first kappa shape index (κ1) is 18.9. The van der Waals surface area contributed by atoms with Gasteiger partial charge in [-0.2, -0.15) is 5.10 Å². The summed E-state index contributed by atoms with van der Waals surface area (Å²) in [7, 11) is 0. The molecule has 134 valence electrons. The van der Waals surface area contributed by atoms with Gasteiger partial charge in [0.25, 0.3) is 0 Å². The molecule has 0 unspecified atom stereocenters. The first-order valence-corrected chi connectivity index (χ1v) is 8.23. The van der Waals surface area contributed by atoms with E-state index in [9.17, 15) is 14.0 Å². The standard InChI is InChI=1S/C17H19ClFN3O3/c1-12(23)5-2-3-9-22-10-8-16(21-22)20-17(24)25-11-13-14(18)6-4-7-15(13)19/h4,6-8,10H,2-3,5,9,11H2,1H3,(H,20,21,24). The Morgan fingerprint density at radius 3 is 2.84 bits per heavy atom. The van der Waals surface area contributed by atoms with Crippen LogP contribution in [0.4, 0.5) is 15.0 Å². The number of ketones is 1. The first-order chi connectivity index (χ1) is 12.0. The second-order valence-electron chi connectivity index (χ2n) is 5.52. The second-order valence-corrected chi connectivity index (χ2v) is 5.93. The molecule has 0 saturated carbocycles. The molecule has 6 nitrogen and oxygen atoms in total. The topological polar surface area (TPSA) is 73.2 Å². The molecule has 1 heterocycles. The molecule has 0 bridgehead atoms. The maximum absolute atomic E-state index is 13.6. The summed E-state index contributed by atoms with van der Waals surface area (Å²) < 4.78 is 20.2. The molecule has 0 atom stereocenters. The number of anilines is 1. The highest BCUT2D eigenvalue weighted by molar-refractivity contribution is 6.31. The summed E-state index contributed by atoms with van der Waals surface area (Å²) in [6.45, 7) is 1.94. The van der Waals surface area contributed by atoms with E-state index in [-0.39, 0.29) is 23.0 Å². The Balaban J connectivity index is 1.78. The molecule has 0 spiro atoms. The molecule has 0 fully saturated rings. The lowest BCUT2D eigenvalue weighted by Gasteiger charge is -2.07. The second kappa shape index (κ2) is 9.17. The number of hydrogen-bond donors (Lipinski definition) is 1. The number of nitrogens with one attached hydrogen (secondary N) is 1. The zero-order valence-electron chi connectivity index (χ0n) is 13.8. The van der Waals surface area contributed by atoms with Crippen molar-refractivity contribution in [2.45, 2.75) is 39.3 Å². The lowest BCUT2D eigenvalue weighted by atomic mass is 10.2. The number of unbranched alkanes of at least 4 members (excludes halogenated alkanes) is 1. The number of halogens is 2. The Morgan fingerprint density at radius 1 is 1.32 bits per heavy atom. The minimum atomic E-state index is -0.749. The third-order valence-electron chi connectivity index (χ3n) is 3.45. The molecule has 0 aliphatic heterocycles. The van der Waals surface area contributed by atoms with Crippen LogP contribution in [0.25, 0.3) is 0 Å². The quantitative estimate of drug-likeness (QED) is 0.710. The molecule has 25 heavy (non-hydrogen) atoms. The van der Waals surface area contributed by atoms with Crippen molar-refractivity contribution >= 4 is 29.3 Å². The molecule has 0 aliphatic rings. The van der Waals surface area contributed by atoms with Crippen molar-refractivity contribution < 1.29 is 18.7 Å². The SMILES string of the molecule is CC(=O)CCCCn1ccc(NC(=O)OCc2c(F)cccc2Cl)n1. The Labute approximate surface area is 149 Å². The number of nitrogens with zero attached hydrogens (tertiary/aromatic N) is 2. The maximum Gasteiger partial charge on any atom is 0.413 e. The van der Waals surface area contributed by atoms with E-state index in [1.54, 1.807) is 23.9 Å². The van der Waals surface area contributed by atoms with Gasteiger partial charge >= 0.3 is 6.09 Å². The Bertz CT molecular complexity index is 728. The van der Waals surface area contributed by atoms with E-state index in [1.165, 1.54) is 18.2 Å². The van der Waals surface area contributed by atoms with E-state index in [1.807, 2.05) is 0 Å². The molecular formula is C17H19ClFN3O3. The van der Waals surface area contributed by atoms with Crippen LogP contribution in [0.3, 0.4) is 0 Å². The normalized spacial score (nSPS) is 10.5. The summed E-state index contributed by atoms with van der Waals surface area (Å²) in [4.78, 5) is 22.6. The fourth-order valence-electron chi connectivity index (χ4n) is 2.15. The maximum atomic E-state index is 13.6. The molecule has 2 aromatic rings. The van der Waals surface area contributed by atoms with Crippen molar-refractivity contribution in [1.29, 1.82) is 0 Å². The average Bonchev–Trinajstić information content (AvgIpc) is 2.98. The number of carbonyl (C=O) groups excluding carboxylic acids is 2. The summed E-state index contributed by atoms with van der Waals surface area (Å²) in [6, 6.07) is 5.87. The van der Waals surface area contributed by atoms with E-state index in [0.29, 0.717) is 18.8 Å². The van der Waals surface area contributed by atoms with Crippen LogP contribution in [0.2, 0.25) is 5.02 Å². The number of rotatable bonds is 8. The third-order valence-corrected chi connectivity index (χ3v) is 3.80. The summed E-state index contributed by atoms with van der Waals surface area (Å²) in [6.07, 6.45) is 3.13. The molecule has 1 N–H and O–H groups in total. The molecular weight excluding hydrogens is 349 g/mol. The van der Waals surface area contributed by atoms with Gasteiger partial charge in [-0.1, -0.05) is 17.7 Å². The molecule has 2 rings (SSSR count). The van der Waals surface area contributed by atoms with Gasteiger partial charge in [-0.05, 0) is 31.9 Å². The van der Waals surface area contributed by atoms with Crippen molar-refractivity contribution in [1.82, 2.24) is 9.78 Å². The molecule has 1 amide bonds. The van der Waals surface area contributed by atoms with Crippen molar-refractivity contribution in [3.63, 3.8) is 0 Å². The lowest BCUT2D eigenvalue weighted by Crippen LogP contribution is -2.15. The van der Waals surface area contributed by atoms with Gasteiger partial charge in [-0.15, -0.1) is 0 Å². The highest BCUT2D eigenvalue weighted by atomic mass is 35.5. The highest BCUT2D eigenvalue weighted by Gasteiger charge is 2.11. The van der Waals surface area contributed by atoms with Crippen molar-refractivity contribution in [3.8, 4) is 0 Å². The summed E-state index contributed by atoms with van der Waals surface area (Å²) in [5.41, 5.74) is 0.121. The van der Waals surface area contributed by atoms with Gasteiger partial charge in [0.05, 0.1) is 5.02 Å². The van der Waals surface area contributed by atoms with Gasteiger partial charge in [0.2, 0.25) is 0 Å². The number of carbonyl (C=O) groups is 2. The fraction of sp³-hybridized carbons (Fsp3) is 0.353. The molecule has 1 aromatic carbocycles. The van der Waals surface area contributed by atoms with Crippen molar-refractivity contribution in [3.05, 3.63) is 46.9 Å². The van der Waals surface area contributed by atoms with E-state index >= 15 is 0 Å². The van der Waals surface area contributed by atoms with Gasteiger partial charge < -0.3 is 9.53 Å². The average molecular weight is 368 g/mol. The Kier molecular flexibility index (Phi) is 6.94. The summed E-state index contributed by atoms with van der Waals surface area (Å²) >= 11 is 5.87. The highest BCUT2D eigenvalue weighted by Crippen LogP contribution is 2.20. The molecule has 8 heteroatoms. The predicted molar refractivity (Wildman–Crippen MR) is 92.0 cm³/mol. The van der Waals surface area contributed by atoms with Crippen LogP contribution in [-0.2, 0) is 22.7 Å². The Hall–Kier alpha value is -2.41. The fourth-order valence-corrected chi connectivity index (χ4v) is 2.37. The number of hydrogen-bond acceptors (Lipinski definition) is 4. The van der Waals surface area contributed by atoms with Crippen LogP contribution in [-0.4, -0.2) is 21.7 Å². The van der Waals surface area contributed by atoms with E-state index < -0.39 is 11.9 Å². The molecule has 0 saturated heterocycles. The van der Waals surface area contributed by atoms with Gasteiger partial charge in [0.15, 0.2) is 5.82 Å². The van der Waals surface area contributed by atoms with E-state index in [2.05, 4.69) is 10.4 Å². The monoisotopic (exact) mass is 367 g/mol. The van der Waals surface area contributed by atoms with Crippen molar-refractivity contribution in [2.75, 3.05) is 5.32 Å². The zero-order valence-corrected chi connectivity index (χ0v) is 14.6. The number of aryl methyl sites for hydroxylation is 1. The largest absolute Gasteiger partial charge is 0.444 e. The third kappa shape index (κ3) is 6.19.